The number of hydrogen-bond donors (Lipinski definition) is 1. The lowest BCUT2D eigenvalue weighted by atomic mass is 10.1. The van der Waals surface area contributed by atoms with Crippen LogP contribution in [0.3, 0.4) is 0 Å². The average Bonchev–Trinajstić information content (AvgIpc) is 3.47. The molecule has 0 atom stereocenters. The molecule has 0 aliphatic carbocycles. The van der Waals surface area contributed by atoms with Crippen LogP contribution in [0.1, 0.15) is 26.5 Å². The van der Waals surface area contributed by atoms with Gasteiger partial charge in [0.2, 0.25) is 0 Å². The number of para-hydroxylation sites is 1. The summed E-state index contributed by atoms with van der Waals surface area (Å²) in [5, 5.41) is 6.84. The van der Waals surface area contributed by atoms with Crippen molar-refractivity contribution in [2.45, 2.75) is 6.61 Å². The van der Waals surface area contributed by atoms with E-state index in [1.807, 2.05) is 36.5 Å². The topological polar surface area (TPSA) is 86.4 Å². The van der Waals surface area contributed by atoms with E-state index in [1.165, 1.54) is 6.26 Å². The van der Waals surface area contributed by atoms with Gasteiger partial charge >= 0.3 is 5.97 Å². The number of nitrogens with zero attached hydrogens (tertiary/aromatic N) is 2. The highest BCUT2D eigenvalue weighted by Crippen LogP contribution is 2.19. The molecule has 2 heterocycles. The number of aromatic nitrogens is 2. The number of anilines is 1. The zero-order valence-electron chi connectivity index (χ0n) is 15.3. The van der Waals surface area contributed by atoms with E-state index in [0.29, 0.717) is 5.69 Å². The van der Waals surface area contributed by atoms with Crippen molar-refractivity contribution in [2.75, 3.05) is 5.32 Å². The van der Waals surface area contributed by atoms with Crippen LogP contribution in [0.15, 0.2) is 89.8 Å². The van der Waals surface area contributed by atoms with Crippen molar-refractivity contribution in [1.82, 2.24) is 9.78 Å². The maximum absolute atomic E-state index is 12.5. The number of ether oxygens (including phenoxy) is 1. The van der Waals surface area contributed by atoms with Gasteiger partial charge in [0.25, 0.3) is 5.91 Å². The summed E-state index contributed by atoms with van der Waals surface area (Å²) in [5.74, 6) is -0.814. The van der Waals surface area contributed by atoms with Gasteiger partial charge in [-0.25, -0.2) is 9.48 Å². The minimum atomic E-state index is -0.531. The highest BCUT2D eigenvalue weighted by atomic mass is 16.5. The molecule has 0 fully saturated rings. The number of nitrogens with one attached hydrogen (secondary N) is 1. The minimum absolute atomic E-state index is 0.110. The second-order valence-electron chi connectivity index (χ2n) is 6.17. The van der Waals surface area contributed by atoms with Gasteiger partial charge in [0, 0.05) is 12.4 Å². The van der Waals surface area contributed by atoms with Crippen LogP contribution in [-0.4, -0.2) is 21.7 Å². The van der Waals surface area contributed by atoms with Crippen LogP contribution < -0.4 is 5.32 Å². The lowest BCUT2D eigenvalue weighted by Gasteiger charge is -2.10. The first-order valence-corrected chi connectivity index (χ1v) is 8.91. The Morgan fingerprint density at radius 3 is 2.55 bits per heavy atom. The van der Waals surface area contributed by atoms with E-state index in [0.717, 1.165) is 11.3 Å². The van der Waals surface area contributed by atoms with Gasteiger partial charge in [-0.15, -0.1) is 0 Å². The zero-order chi connectivity index (χ0) is 20.1. The molecule has 144 valence electrons. The molecule has 0 saturated carbocycles. The summed E-state index contributed by atoms with van der Waals surface area (Å²) < 4.78 is 12.2. The Morgan fingerprint density at radius 2 is 1.83 bits per heavy atom. The molecule has 1 N–H and O–H groups in total. The van der Waals surface area contributed by atoms with Crippen LogP contribution >= 0.6 is 0 Å². The van der Waals surface area contributed by atoms with Gasteiger partial charge in [-0.05, 0) is 48.0 Å². The lowest BCUT2D eigenvalue weighted by molar-refractivity contribution is 0.0474. The summed E-state index contributed by atoms with van der Waals surface area (Å²) in [4.78, 5) is 24.7. The van der Waals surface area contributed by atoms with E-state index in [4.69, 9.17) is 9.15 Å². The molecule has 29 heavy (non-hydrogen) atoms. The molecule has 0 aliphatic heterocycles. The molecule has 0 spiro atoms. The number of carbonyl (C=O) groups excluding carboxylic acids is 2. The largest absolute Gasteiger partial charge is 0.459 e. The van der Waals surface area contributed by atoms with E-state index in [1.54, 1.807) is 47.3 Å². The predicted molar refractivity (Wildman–Crippen MR) is 106 cm³/mol. The van der Waals surface area contributed by atoms with Crippen molar-refractivity contribution in [3.63, 3.8) is 0 Å². The fourth-order valence-electron chi connectivity index (χ4n) is 2.75. The molecule has 4 aromatic rings. The lowest BCUT2D eigenvalue weighted by Crippen LogP contribution is -2.15. The summed E-state index contributed by atoms with van der Waals surface area (Å²) in [5.41, 5.74) is 2.37. The average molecular weight is 387 g/mol. The van der Waals surface area contributed by atoms with Gasteiger partial charge in [0.1, 0.15) is 6.61 Å². The molecule has 1 amide bonds. The quantitative estimate of drug-likeness (QED) is 0.504. The van der Waals surface area contributed by atoms with E-state index < -0.39 is 11.9 Å². The third-order valence-electron chi connectivity index (χ3n) is 4.22. The third kappa shape index (κ3) is 4.24. The van der Waals surface area contributed by atoms with E-state index in [-0.39, 0.29) is 17.9 Å². The van der Waals surface area contributed by atoms with Crippen LogP contribution in [0.2, 0.25) is 0 Å². The van der Waals surface area contributed by atoms with Crippen LogP contribution in [-0.2, 0) is 11.3 Å². The number of furan rings is 1. The van der Waals surface area contributed by atoms with Crippen molar-refractivity contribution >= 4 is 17.6 Å². The van der Waals surface area contributed by atoms with E-state index in [2.05, 4.69) is 10.4 Å². The number of esters is 1. The number of rotatable bonds is 6. The monoisotopic (exact) mass is 387 g/mol. The normalized spacial score (nSPS) is 10.5. The first kappa shape index (κ1) is 18.2. The molecule has 0 aliphatic rings. The van der Waals surface area contributed by atoms with E-state index in [9.17, 15) is 9.59 Å². The number of carbonyl (C=O) groups is 2. The predicted octanol–water partition coefficient (Wildman–Crippen LogP) is 4.07. The molecule has 7 heteroatoms. The summed E-state index contributed by atoms with van der Waals surface area (Å²) in [6.45, 7) is 0.110. The summed E-state index contributed by atoms with van der Waals surface area (Å²) >= 11 is 0. The first-order chi connectivity index (χ1) is 14.2. The Labute approximate surface area is 166 Å². The van der Waals surface area contributed by atoms with Gasteiger partial charge in [-0.1, -0.05) is 24.3 Å². The molecule has 0 radical (unpaired) electrons. The highest BCUT2D eigenvalue weighted by molar-refractivity contribution is 6.06. The van der Waals surface area contributed by atoms with Crippen molar-refractivity contribution in [2.24, 2.45) is 0 Å². The van der Waals surface area contributed by atoms with E-state index >= 15 is 0 Å². The summed E-state index contributed by atoms with van der Waals surface area (Å²) in [7, 11) is 0. The molecule has 2 aromatic heterocycles. The fraction of sp³-hybridized carbons (Fsp3) is 0.0455. The van der Waals surface area contributed by atoms with Crippen molar-refractivity contribution < 1.29 is 18.7 Å². The van der Waals surface area contributed by atoms with Gasteiger partial charge < -0.3 is 14.5 Å². The Balaban J connectivity index is 1.42. The van der Waals surface area contributed by atoms with Crippen LogP contribution in [0.4, 0.5) is 5.69 Å². The molecule has 0 saturated heterocycles. The molecule has 0 bridgehead atoms. The summed E-state index contributed by atoms with van der Waals surface area (Å²) in [6.07, 6.45) is 4.97. The molecular weight excluding hydrogens is 370 g/mol. The fourth-order valence-corrected chi connectivity index (χ4v) is 2.75. The molecule has 7 nitrogen and oxygen atoms in total. The Bertz CT molecular complexity index is 1100. The van der Waals surface area contributed by atoms with Gasteiger partial charge in [0.15, 0.2) is 5.76 Å². The van der Waals surface area contributed by atoms with Gasteiger partial charge in [-0.2, -0.15) is 5.10 Å². The van der Waals surface area contributed by atoms with Crippen molar-refractivity contribution in [3.8, 4) is 5.69 Å². The van der Waals surface area contributed by atoms with Gasteiger partial charge in [0.05, 0.1) is 23.2 Å². The molecule has 0 unspecified atom stereocenters. The van der Waals surface area contributed by atoms with Crippen molar-refractivity contribution in [3.05, 3.63) is 102 Å². The smallest absolute Gasteiger partial charge is 0.340 e. The Hall–Kier alpha value is -4.13. The second kappa shape index (κ2) is 8.26. The van der Waals surface area contributed by atoms with Gasteiger partial charge in [-0.3, -0.25) is 4.79 Å². The SMILES string of the molecule is O=C(Nc1ccccc1C(=O)OCc1ccc(-n2cccn2)cc1)c1ccco1. The number of hydrogen-bond acceptors (Lipinski definition) is 5. The number of benzene rings is 2. The maximum Gasteiger partial charge on any atom is 0.340 e. The maximum atomic E-state index is 12.5. The van der Waals surface area contributed by atoms with Crippen LogP contribution in [0.25, 0.3) is 5.69 Å². The number of amides is 1. The molecule has 4 rings (SSSR count). The zero-order valence-corrected chi connectivity index (χ0v) is 15.3. The molecule has 2 aromatic carbocycles. The van der Waals surface area contributed by atoms with Crippen molar-refractivity contribution in [1.29, 1.82) is 0 Å². The second-order valence-corrected chi connectivity index (χ2v) is 6.17. The third-order valence-corrected chi connectivity index (χ3v) is 4.22. The Morgan fingerprint density at radius 1 is 1.00 bits per heavy atom. The molecular formula is C22H17N3O4. The van der Waals surface area contributed by atoms with Crippen LogP contribution in [0.5, 0.6) is 0 Å². The Kier molecular flexibility index (Phi) is 5.20. The first-order valence-electron chi connectivity index (χ1n) is 8.91. The van der Waals surface area contributed by atoms with Crippen LogP contribution in [0, 0.1) is 0 Å². The minimum Gasteiger partial charge on any atom is -0.459 e. The summed E-state index contributed by atoms with van der Waals surface area (Å²) in [6, 6.07) is 19.2. The standard InChI is InChI=1S/C22H17N3O4/c26-21(20-7-3-14-28-20)24-19-6-2-1-5-18(19)22(27)29-15-16-8-10-17(11-9-16)25-13-4-12-23-25/h1-14H,15H2,(H,24,26). The highest BCUT2D eigenvalue weighted by Gasteiger charge is 2.16.